The van der Waals surface area contributed by atoms with Gasteiger partial charge in [0.1, 0.15) is 5.75 Å². The molecule has 0 amide bonds. The SMILES string of the molecule is O=S(=O)(c1ccc2c(c1)CCO2)N1CCC(OCCc2ccccc2)CC1. The zero-order valence-corrected chi connectivity index (χ0v) is 16.2. The van der Waals surface area contributed by atoms with Gasteiger partial charge in [-0.3, -0.25) is 0 Å². The van der Waals surface area contributed by atoms with E-state index in [4.69, 9.17) is 9.47 Å². The van der Waals surface area contributed by atoms with Crippen LogP contribution in [0.4, 0.5) is 0 Å². The van der Waals surface area contributed by atoms with E-state index in [1.54, 1.807) is 22.5 Å². The van der Waals surface area contributed by atoms with E-state index in [-0.39, 0.29) is 6.10 Å². The van der Waals surface area contributed by atoms with Crippen molar-refractivity contribution in [2.45, 2.75) is 36.7 Å². The van der Waals surface area contributed by atoms with Crippen LogP contribution < -0.4 is 4.74 Å². The van der Waals surface area contributed by atoms with Gasteiger partial charge in [-0.15, -0.1) is 0 Å². The third-order valence-electron chi connectivity index (χ3n) is 5.29. The molecule has 0 atom stereocenters. The number of fused-ring (bicyclic) bond motifs is 1. The maximum Gasteiger partial charge on any atom is 0.243 e. The van der Waals surface area contributed by atoms with Crippen LogP contribution in [0.15, 0.2) is 53.4 Å². The van der Waals surface area contributed by atoms with E-state index in [1.807, 2.05) is 18.2 Å². The van der Waals surface area contributed by atoms with Gasteiger partial charge in [-0.2, -0.15) is 4.31 Å². The molecular weight excluding hydrogens is 362 g/mol. The van der Waals surface area contributed by atoms with E-state index in [0.29, 0.717) is 31.2 Å². The molecule has 2 aromatic carbocycles. The van der Waals surface area contributed by atoms with Gasteiger partial charge in [0, 0.05) is 19.5 Å². The molecule has 27 heavy (non-hydrogen) atoms. The molecule has 0 spiro atoms. The first kappa shape index (κ1) is 18.5. The fourth-order valence-electron chi connectivity index (χ4n) is 3.70. The lowest BCUT2D eigenvalue weighted by molar-refractivity contribution is 0.0230. The van der Waals surface area contributed by atoms with E-state index in [2.05, 4.69) is 12.1 Å². The van der Waals surface area contributed by atoms with Crippen LogP contribution in [0.1, 0.15) is 24.0 Å². The van der Waals surface area contributed by atoms with Crippen LogP contribution >= 0.6 is 0 Å². The molecule has 0 aliphatic carbocycles. The number of rotatable bonds is 6. The van der Waals surface area contributed by atoms with E-state index in [1.165, 1.54) is 5.56 Å². The van der Waals surface area contributed by atoms with Crippen molar-refractivity contribution in [1.29, 1.82) is 0 Å². The molecule has 0 N–H and O–H groups in total. The van der Waals surface area contributed by atoms with Crippen LogP contribution in [0.2, 0.25) is 0 Å². The largest absolute Gasteiger partial charge is 0.493 e. The second kappa shape index (κ2) is 8.00. The van der Waals surface area contributed by atoms with Crippen LogP contribution in [0.5, 0.6) is 5.75 Å². The summed E-state index contributed by atoms with van der Waals surface area (Å²) in [6.07, 6.45) is 3.27. The van der Waals surface area contributed by atoms with Gasteiger partial charge in [-0.1, -0.05) is 30.3 Å². The first-order valence-corrected chi connectivity index (χ1v) is 11.0. The lowest BCUT2D eigenvalue weighted by Gasteiger charge is -2.31. The first-order valence-electron chi connectivity index (χ1n) is 9.54. The number of hydrogen-bond donors (Lipinski definition) is 0. The Hall–Kier alpha value is -1.89. The number of nitrogens with zero attached hydrogens (tertiary/aromatic N) is 1. The molecule has 5 nitrogen and oxygen atoms in total. The number of ether oxygens (including phenoxy) is 2. The second-order valence-corrected chi connectivity index (χ2v) is 9.02. The highest BCUT2D eigenvalue weighted by Crippen LogP contribution is 2.30. The van der Waals surface area contributed by atoms with Crippen molar-refractivity contribution in [2.24, 2.45) is 0 Å². The van der Waals surface area contributed by atoms with Crippen LogP contribution in [0.3, 0.4) is 0 Å². The number of hydrogen-bond acceptors (Lipinski definition) is 4. The van der Waals surface area contributed by atoms with E-state index < -0.39 is 10.0 Å². The molecule has 1 saturated heterocycles. The normalized spacial score (nSPS) is 18.2. The van der Waals surface area contributed by atoms with Gasteiger partial charge in [-0.25, -0.2) is 8.42 Å². The molecular formula is C21H25NO4S. The Kier molecular flexibility index (Phi) is 5.48. The third kappa shape index (κ3) is 4.18. The lowest BCUT2D eigenvalue weighted by atomic mass is 10.1. The fraction of sp³-hybridized carbons (Fsp3) is 0.429. The molecule has 0 bridgehead atoms. The van der Waals surface area contributed by atoms with Gasteiger partial charge in [0.05, 0.1) is 24.2 Å². The summed E-state index contributed by atoms with van der Waals surface area (Å²) in [4.78, 5) is 0.371. The Morgan fingerprint density at radius 3 is 2.63 bits per heavy atom. The second-order valence-electron chi connectivity index (χ2n) is 7.08. The molecule has 2 heterocycles. The van der Waals surface area contributed by atoms with Gasteiger partial charge < -0.3 is 9.47 Å². The summed E-state index contributed by atoms with van der Waals surface area (Å²) in [7, 11) is -3.45. The monoisotopic (exact) mass is 387 g/mol. The fourth-order valence-corrected chi connectivity index (χ4v) is 5.22. The van der Waals surface area contributed by atoms with Crippen molar-refractivity contribution in [3.05, 3.63) is 59.7 Å². The van der Waals surface area contributed by atoms with Crippen LogP contribution in [0.25, 0.3) is 0 Å². The molecule has 1 fully saturated rings. The van der Waals surface area contributed by atoms with Crippen molar-refractivity contribution in [3.8, 4) is 5.75 Å². The summed E-state index contributed by atoms with van der Waals surface area (Å²) in [5.41, 5.74) is 2.24. The van der Waals surface area contributed by atoms with Crippen molar-refractivity contribution < 1.29 is 17.9 Å². The van der Waals surface area contributed by atoms with Crippen molar-refractivity contribution in [1.82, 2.24) is 4.31 Å². The average molecular weight is 388 g/mol. The zero-order valence-electron chi connectivity index (χ0n) is 15.3. The number of piperidine rings is 1. The average Bonchev–Trinajstić information content (AvgIpc) is 3.17. The summed E-state index contributed by atoms with van der Waals surface area (Å²) < 4.78 is 38.9. The van der Waals surface area contributed by atoms with Gasteiger partial charge in [-0.05, 0) is 48.6 Å². The molecule has 0 aromatic heterocycles. The topological polar surface area (TPSA) is 55.8 Å². The minimum Gasteiger partial charge on any atom is -0.493 e. The van der Waals surface area contributed by atoms with Crippen molar-refractivity contribution in [3.63, 3.8) is 0 Å². The number of benzene rings is 2. The standard InChI is InChI=1S/C21H25NO4S/c23-27(24,20-6-7-21-18(16-20)11-15-26-21)22-12-8-19(9-13-22)25-14-10-17-4-2-1-3-5-17/h1-7,16,19H,8-15H2. The zero-order chi connectivity index (χ0) is 18.7. The Balaban J connectivity index is 1.30. The predicted molar refractivity (Wildman–Crippen MR) is 104 cm³/mol. The first-order chi connectivity index (χ1) is 13.1. The highest BCUT2D eigenvalue weighted by molar-refractivity contribution is 7.89. The van der Waals surface area contributed by atoms with Crippen molar-refractivity contribution >= 4 is 10.0 Å². The molecule has 0 unspecified atom stereocenters. The van der Waals surface area contributed by atoms with Crippen molar-refractivity contribution in [2.75, 3.05) is 26.3 Å². The Morgan fingerprint density at radius 1 is 1.07 bits per heavy atom. The number of sulfonamides is 1. The summed E-state index contributed by atoms with van der Waals surface area (Å²) in [6.45, 7) is 2.31. The van der Waals surface area contributed by atoms with Gasteiger partial charge in [0.25, 0.3) is 0 Å². The van der Waals surface area contributed by atoms with Gasteiger partial charge in [0.15, 0.2) is 0 Å². The van der Waals surface area contributed by atoms with Crippen LogP contribution in [0, 0.1) is 0 Å². The molecule has 144 valence electrons. The molecule has 0 radical (unpaired) electrons. The molecule has 4 rings (SSSR count). The maximum absolute atomic E-state index is 12.9. The van der Waals surface area contributed by atoms with Gasteiger partial charge in [0.2, 0.25) is 10.0 Å². The molecule has 0 saturated carbocycles. The van der Waals surface area contributed by atoms with E-state index in [0.717, 1.165) is 37.0 Å². The molecule has 2 aromatic rings. The Morgan fingerprint density at radius 2 is 1.85 bits per heavy atom. The predicted octanol–water partition coefficient (Wildman–Crippen LogP) is 3.03. The minimum atomic E-state index is -3.45. The Labute approximate surface area is 161 Å². The van der Waals surface area contributed by atoms with Crippen LogP contribution in [-0.2, 0) is 27.6 Å². The molecule has 2 aliphatic heterocycles. The highest BCUT2D eigenvalue weighted by atomic mass is 32.2. The Bertz CT molecular complexity index is 874. The minimum absolute atomic E-state index is 0.133. The summed E-state index contributed by atoms with van der Waals surface area (Å²) in [5, 5.41) is 0. The van der Waals surface area contributed by atoms with E-state index >= 15 is 0 Å². The molecule has 6 heteroatoms. The summed E-state index contributed by atoms with van der Waals surface area (Å²) >= 11 is 0. The summed E-state index contributed by atoms with van der Waals surface area (Å²) in [5.74, 6) is 0.805. The van der Waals surface area contributed by atoms with Gasteiger partial charge >= 0.3 is 0 Å². The summed E-state index contributed by atoms with van der Waals surface area (Å²) in [6, 6.07) is 15.5. The maximum atomic E-state index is 12.9. The lowest BCUT2D eigenvalue weighted by Crippen LogP contribution is -2.41. The molecule has 2 aliphatic rings. The quantitative estimate of drug-likeness (QED) is 0.765. The third-order valence-corrected chi connectivity index (χ3v) is 7.18. The highest BCUT2D eigenvalue weighted by Gasteiger charge is 2.30. The smallest absolute Gasteiger partial charge is 0.243 e. The van der Waals surface area contributed by atoms with Crippen LogP contribution in [-0.4, -0.2) is 45.1 Å². The van der Waals surface area contributed by atoms with E-state index in [9.17, 15) is 8.42 Å².